The van der Waals surface area contributed by atoms with Gasteiger partial charge in [0, 0.05) is 12.2 Å². The van der Waals surface area contributed by atoms with Crippen LogP contribution in [-0.2, 0) is 20.4 Å². The number of amides is 2. The minimum Gasteiger partial charge on any atom is -0.455 e. The van der Waals surface area contributed by atoms with Crippen LogP contribution in [0, 0.1) is 6.92 Å². The number of carbonyl (C=O) groups excluding carboxylic acids is 2. The van der Waals surface area contributed by atoms with Gasteiger partial charge in [0.05, 0.1) is 4.90 Å². The monoisotopic (exact) mass is 454 g/mol. The first-order chi connectivity index (χ1) is 15.3. The first-order valence-corrected chi connectivity index (χ1v) is 12.0. The molecule has 0 aliphatic rings. The van der Waals surface area contributed by atoms with E-state index in [4.69, 9.17) is 4.42 Å². The molecule has 0 saturated carbocycles. The normalized spacial score (nSPS) is 11.2. The van der Waals surface area contributed by atoms with E-state index in [0.29, 0.717) is 18.7 Å². The molecule has 1 aromatic heterocycles. The number of para-hydroxylation sites is 1. The van der Waals surface area contributed by atoms with Gasteiger partial charge < -0.3 is 14.6 Å². The van der Waals surface area contributed by atoms with Crippen LogP contribution in [0.2, 0.25) is 0 Å². The van der Waals surface area contributed by atoms with E-state index in [-0.39, 0.29) is 34.6 Å². The summed E-state index contributed by atoms with van der Waals surface area (Å²) in [6, 6.07) is 18.4. The van der Waals surface area contributed by atoms with Gasteiger partial charge in [-0.1, -0.05) is 43.3 Å². The minimum absolute atomic E-state index is 0.000373. The number of benzene rings is 2. The number of anilines is 1. The molecular formula is C24H26N2O5S. The molecule has 1 heterocycles. The van der Waals surface area contributed by atoms with E-state index in [1.54, 1.807) is 24.3 Å². The Balaban J connectivity index is 1.69. The average Bonchev–Trinajstić information content (AvgIpc) is 3.23. The highest BCUT2D eigenvalue weighted by molar-refractivity contribution is 7.90. The number of hydrogen-bond acceptors (Lipinski definition) is 5. The SMILES string of the molecule is CCCN(CC(=O)Nc1ccccc1C)C(=O)c1ccc(CS(=O)(=O)c2ccccc2)o1. The van der Waals surface area contributed by atoms with Crippen molar-refractivity contribution < 1.29 is 22.4 Å². The van der Waals surface area contributed by atoms with Crippen LogP contribution in [0.25, 0.3) is 0 Å². The average molecular weight is 455 g/mol. The first-order valence-electron chi connectivity index (χ1n) is 10.3. The van der Waals surface area contributed by atoms with Crippen molar-refractivity contribution in [2.75, 3.05) is 18.4 Å². The zero-order chi connectivity index (χ0) is 23.1. The van der Waals surface area contributed by atoms with Crippen molar-refractivity contribution >= 4 is 27.3 Å². The van der Waals surface area contributed by atoms with Crippen LogP contribution in [0.5, 0.6) is 0 Å². The Morgan fingerprint density at radius 3 is 2.34 bits per heavy atom. The van der Waals surface area contributed by atoms with Crippen LogP contribution in [-0.4, -0.2) is 38.2 Å². The molecule has 2 amide bonds. The zero-order valence-electron chi connectivity index (χ0n) is 18.1. The molecule has 0 atom stereocenters. The highest BCUT2D eigenvalue weighted by atomic mass is 32.2. The molecule has 1 N–H and O–H groups in total. The maximum Gasteiger partial charge on any atom is 0.290 e. The summed E-state index contributed by atoms with van der Waals surface area (Å²) in [6.07, 6.45) is 0.652. The van der Waals surface area contributed by atoms with Crippen LogP contribution in [0.4, 0.5) is 5.69 Å². The van der Waals surface area contributed by atoms with Crippen molar-refractivity contribution in [2.24, 2.45) is 0 Å². The molecule has 0 spiro atoms. The summed E-state index contributed by atoms with van der Waals surface area (Å²) in [5.41, 5.74) is 1.61. The molecule has 3 rings (SSSR count). The Labute approximate surface area is 188 Å². The smallest absolute Gasteiger partial charge is 0.290 e. The summed E-state index contributed by atoms with van der Waals surface area (Å²) >= 11 is 0. The molecule has 0 bridgehead atoms. The lowest BCUT2D eigenvalue weighted by atomic mass is 10.2. The Morgan fingerprint density at radius 1 is 0.969 bits per heavy atom. The first kappa shape index (κ1) is 23.3. The number of sulfone groups is 1. The maximum atomic E-state index is 12.9. The highest BCUT2D eigenvalue weighted by Crippen LogP contribution is 2.19. The van der Waals surface area contributed by atoms with Crippen LogP contribution < -0.4 is 5.32 Å². The summed E-state index contributed by atoms with van der Waals surface area (Å²) in [5.74, 6) is -0.973. The second-order valence-electron chi connectivity index (χ2n) is 7.43. The molecule has 168 valence electrons. The topological polar surface area (TPSA) is 96.7 Å². The van der Waals surface area contributed by atoms with Gasteiger partial charge in [-0.2, -0.15) is 0 Å². The third kappa shape index (κ3) is 5.85. The van der Waals surface area contributed by atoms with Crippen LogP contribution >= 0.6 is 0 Å². The van der Waals surface area contributed by atoms with E-state index in [9.17, 15) is 18.0 Å². The fourth-order valence-corrected chi connectivity index (χ4v) is 4.49. The Bertz CT molecular complexity index is 1190. The standard InChI is InChI=1S/C24H26N2O5S/c1-3-15-26(16-23(27)25-21-12-8-7-9-18(21)2)24(28)22-14-13-19(31-22)17-32(29,30)20-10-5-4-6-11-20/h4-14H,3,15-17H2,1-2H3,(H,25,27). The van der Waals surface area contributed by atoms with Gasteiger partial charge in [0.25, 0.3) is 5.91 Å². The molecule has 0 radical (unpaired) electrons. The van der Waals surface area contributed by atoms with Crippen LogP contribution in [0.1, 0.15) is 35.2 Å². The number of hydrogen-bond donors (Lipinski definition) is 1. The van der Waals surface area contributed by atoms with E-state index in [1.165, 1.54) is 29.2 Å². The number of nitrogens with one attached hydrogen (secondary N) is 1. The minimum atomic E-state index is -3.60. The lowest BCUT2D eigenvalue weighted by Gasteiger charge is -2.20. The molecule has 8 heteroatoms. The van der Waals surface area contributed by atoms with Gasteiger partial charge in [0.15, 0.2) is 15.6 Å². The number of furan rings is 1. The molecule has 0 unspecified atom stereocenters. The Morgan fingerprint density at radius 2 is 1.66 bits per heavy atom. The molecule has 7 nitrogen and oxygen atoms in total. The Hall–Kier alpha value is -3.39. The fraction of sp³-hybridized carbons (Fsp3) is 0.250. The van der Waals surface area contributed by atoms with E-state index >= 15 is 0 Å². The second kappa shape index (κ2) is 10.3. The van der Waals surface area contributed by atoms with Crippen molar-refractivity contribution in [3.8, 4) is 0 Å². The summed E-state index contributed by atoms with van der Waals surface area (Å²) in [7, 11) is -3.60. The maximum absolute atomic E-state index is 12.9. The van der Waals surface area contributed by atoms with Gasteiger partial charge in [0.2, 0.25) is 5.91 Å². The van der Waals surface area contributed by atoms with E-state index < -0.39 is 15.7 Å². The van der Waals surface area contributed by atoms with Crippen LogP contribution in [0.3, 0.4) is 0 Å². The van der Waals surface area contributed by atoms with Crippen molar-refractivity contribution in [3.05, 3.63) is 83.8 Å². The summed E-state index contributed by atoms with van der Waals surface area (Å²) in [5, 5.41) is 2.82. The largest absolute Gasteiger partial charge is 0.455 e. The lowest BCUT2D eigenvalue weighted by molar-refractivity contribution is -0.116. The molecule has 0 aliphatic carbocycles. The number of nitrogens with zero attached hydrogens (tertiary/aromatic N) is 1. The third-order valence-corrected chi connectivity index (χ3v) is 6.50. The highest BCUT2D eigenvalue weighted by Gasteiger charge is 2.23. The second-order valence-corrected chi connectivity index (χ2v) is 9.42. The van der Waals surface area contributed by atoms with Crippen LogP contribution in [0.15, 0.2) is 76.0 Å². The molecule has 0 saturated heterocycles. The summed E-state index contributed by atoms with van der Waals surface area (Å²) in [4.78, 5) is 27.0. The molecule has 3 aromatic rings. The van der Waals surface area contributed by atoms with Gasteiger partial charge in [-0.05, 0) is 49.2 Å². The zero-order valence-corrected chi connectivity index (χ0v) is 18.9. The molecule has 0 fully saturated rings. The van der Waals surface area contributed by atoms with Gasteiger partial charge in [-0.15, -0.1) is 0 Å². The van der Waals surface area contributed by atoms with Gasteiger partial charge in [0.1, 0.15) is 18.1 Å². The van der Waals surface area contributed by atoms with Crippen molar-refractivity contribution in [3.63, 3.8) is 0 Å². The quantitative estimate of drug-likeness (QED) is 0.526. The van der Waals surface area contributed by atoms with Gasteiger partial charge in [-0.3, -0.25) is 9.59 Å². The van der Waals surface area contributed by atoms with E-state index in [0.717, 1.165) is 5.56 Å². The third-order valence-electron chi connectivity index (χ3n) is 4.84. The van der Waals surface area contributed by atoms with Gasteiger partial charge >= 0.3 is 0 Å². The molecule has 0 aliphatic heterocycles. The number of aryl methyl sites for hydroxylation is 1. The molecule has 2 aromatic carbocycles. The Kier molecular flexibility index (Phi) is 7.48. The predicted octanol–water partition coefficient (Wildman–Crippen LogP) is 4.05. The predicted molar refractivity (Wildman–Crippen MR) is 122 cm³/mol. The van der Waals surface area contributed by atoms with Crippen molar-refractivity contribution in [1.82, 2.24) is 4.90 Å². The summed E-state index contributed by atoms with van der Waals surface area (Å²) < 4.78 is 30.7. The van der Waals surface area contributed by atoms with Crippen molar-refractivity contribution in [1.29, 1.82) is 0 Å². The summed E-state index contributed by atoms with van der Waals surface area (Å²) in [6.45, 7) is 4.01. The fourth-order valence-electron chi connectivity index (χ4n) is 3.22. The van der Waals surface area contributed by atoms with Gasteiger partial charge in [-0.25, -0.2) is 8.42 Å². The molecule has 32 heavy (non-hydrogen) atoms. The van der Waals surface area contributed by atoms with E-state index in [2.05, 4.69) is 5.32 Å². The number of carbonyl (C=O) groups is 2. The number of rotatable bonds is 9. The lowest BCUT2D eigenvalue weighted by Crippen LogP contribution is -2.38. The van der Waals surface area contributed by atoms with E-state index in [1.807, 2.05) is 32.0 Å². The van der Waals surface area contributed by atoms with Crippen molar-refractivity contribution in [2.45, 2.75) is 30.9 Å². The molecular weight excluding hydrogens is 428 g/mol.